The Morgan fingerprint density at radius 1 is 0.949 bits per heavy atom. The third kappa shape index (κ3) is 3.91. The van der Waals surface area contributed by atoms with Crippen molar-refractivity contribution in [3.63, 3.8) is 0 Å². The highest BCUT2D eigenvalue weighted by Gasteiger charge is 2.58. The van der Waals surface area contributed by atoms with Crippen LogP contribution in [0.5, 0.6) is 17.2 Å². The number of hydrogen-bond acceptors (Lipinski definition) is 7. The number of allylic oxidation sites excluding steroid dienone is 6. The second-order valence-electron chi connectivity index (χ2n) is 11.0. The number of aromatic hydroxyl groups is 1. The van der Waals surface area contributed by atoms with Crippen LogP contribution < -0.4 is 9.47 Å². The first-order valence-corrected chi connectivity index (χ1v) is 14.3. The highest BCUT2D eigenvalue weighted by atomic mass is 79.9. The van der Waals surface area contributed by atoms with E-state index in [-0.39, 0.29) is 46.1 Å². The molecule has 9 heteroatoms. The monoisotopic (exact) mass is 595 g/mol. The van der Waals surface area contributed by atoms with Crippen LogP contribution in [0.4, 0.5) is 0 Å². The molecule has 8 nitrogen and oxygen atoms in total. The second-order valence-corrected chi connectivity index (χ2v) is 11.9. The van der Waals surface area contributed by atoms with Crippen LogP contribution in [0.2, 0.25) is 0 Å². The molecule has 2 amide bonds. The van der Waals surface area contributed by atoms with Crippen molar-refractivity contribution in [3.05, 3.63) is 51.0 Å². The molecule has 1 heterocycles. The average Bonchev–Trinajstić information content (AvgIpc) is 3.20. The van der Waals surface area contributed by atoms with Crippen LogP contribution in [-0.4, -0.2) is 53.6 Å². The van der Waals surface area contributed by atoms with E-state index in [1.54, 1.807) is 0 Å². The summed E-state index contributed by atoms with van der Waals surface area (Å²) in [6.07, 6.45) is 8.61. The fraction of sp³-hybridized carbons (Fsp3) is 0.467. The van der Waals surface area contributed by atoms with Crippen molar-refractivity contribution in [2.24, 2.45) is 17.8 Å². The summed E-state index contributed by atoms with van der Waals surface area (Å²) in [5, 5.41) is 10.3. The van der Waals surface area contributed by atoms with E-state index in [1.807, 2.05) is 6.08 Å². The first kappa shape index (κ1) is 26.0. The lowest BCUT2D eigenvalue weighted by molar-refractivity contribution is -0.143. The number of nitrogens with zero attached hydrogens (tertiary/aromatic N) is 1. The molecular formula is C30H30BrNO7. The Balaban J connectivity index is 1.52. The number of fused-ring (bicyclic) bond motifs is 3. The summed E-state index contributed by atoms with van der Waals surface area (Å²) in [5.41, 5.74) is 1.99. The molecule has 4 atom stereocenters. The summed E-state index contributed by atoms with van der Waals surface area (Å²) in [7, 11) is 2.92. The lowest BCUT2D eigenvalue weighted by Crippen LogP contribution is -2.43. The zero-order chi connectivity index (χ0) is 27.6. The molecule has 0 aromatic heterocycles. The van der Waals surface area contributed by atoms with Gasteiger partial charge < -0.3 is 14.6 Å². The number of likely N-dealkylation sites (tertiary alicyclic amines) is 1. The highest BCUT2D eigenvalue weighted by molar-refractivity contribution is 9.12. The highest BCUT2D eigenvalue weighted by Crippen LogP contribution is 2.58. The number of hydrogen-bond donors (Lipinski definition) is 1. The van der Waals surface area contributed by atoms with E-state index >= 15 is 0 Å². The van der Waals surface area contributed by atoms with Crippen molar-refractivity contribution < 1.29 is 33.8 Å². The molecule has 6 rings (SSSR count). The minimum absolute atomic E-state index is 0.0694. The Hall–Kier alpha value is -3.20. The topological polar surface area (TPSA) is 110 Å². The van der Waals surface area contributed by atoms with Gasteiger partial charge in [0, 0.05) is 46.9 Å². The molecule has 1 saturated heterocycles. The van der Waals surface area contributed by atoms with Crippen LogP contribution in [0, 0.1) is 17.8 Å². The molecule has 1 saturated carbocycles. The zero-order valence-corrected chi connectivity index (χ0v) is 23.5. The van der Waals surface area contributed by atoms with Crippen LogP contribution in [0.3, 0.4) is 0 Å². The van der Waals surface area contributed by atoms with Crippen LogP contribution in [-0.2, 0) is 19.2 Å². The molecule has 39 heavy (non-hydrogen) atoms. The van der Waals surface area contributed by atoms with Gasteiger partial charge in [-0.2, -0.15) is 0 Å². The second kappa shape index (κ2) is 9.77. The quantitative estimate of drug-likeness (QED) is 0.310. The maximum absolute atomic E-state index is 14.0. The van der Waals surface area contributed by atoms with Gasteiger partial charge in [-0.3, -0.25) is 24.1 Å². The minimum atomic E-state index is -0.731. The molecular weight excluding hydrogens is 566 g/mol. The average molecular weight is 596 g/mol. The Morgan fingerprint density at radius 2 is 1.62 bits per heavy atom. The molecule has 5 aliphatic rings. The predicted octanol–water partition coefficient (Wildman–Crippen LogP) is 4.50. The van der Waals surface area contributed by atoms with Crippen LogP contribution >= 0.6 is 15.9 Å². The smallest absolute Gasteiger partial charge is 0.233 e. The van der Waals surface area contributed by atoms with E-state index in [2.05, 4.69) is 15.9 Å². The van der Waals surface area contributed by atoms with Crippen molar-refractivity contribution in [1.82, 2.24) is 4.90 Å². The van der Waals surface area contributed by atoms with Gasteiger partial charge in [-0.25, -0.2) is 0 Å². The van der Waals surface area contributed by atoms with Gasteiger partial charge >= 0.3 is 0 Å². The molecule has 2 fully saturated rings. The maximum Gasteiger partial charge on any atom is 0.233 e. The third-order valence-corrected chi connectivity index (χ3v) is 9.71. The van der Waals surface area contributed by atoms with Crippen molar-refractivity contribution in [2.75, 3.05) is 14.2 Å². The minimum Gasteiger partial charge on any atom is -0.508 e. The van der Waals surface area contributed by atoms with Crippen molar-refractivity contribution in [1.29, 1.82) is 0 Å². The number of ketones is 2. The van der Waals surface area contributed by atoms with Crippen molar-refractivity contribution in [3.8, 4) is 17.2 Å². The Kier molecular flexibility index (Phi) is 6.52. The van der Waals surface area contributed by atoms with E-state index in [1.165, 1.54) is 37.3 Å². The number of halogens is 1. The van der Waals surface area contributed by atoms with Gasteiger partial charge in [0.15, 0.2) is 11.6 Å². The molecule has 1 aliphatic heterocycles. The first-order valence-electron chi connectivity index (χ1n) is 13.5. The fourth-order valence-corrected chi connectivity index (χ4v) is 7.92. The van der Waals surface area contributed by atoms with Crippen LogP contribution in [0.1, 0.15) is 56.4 Å². The summed E-state index contributed by atoms with van der Waals surface area (Å²) in [6.45, 7) is 0. The number of amides is 2. The lowest BCUT2D eigenvalue weighted by atomic mass is 9.59. The van der Waals surface area contributed by atoms with E-state index in [0.717, 1.165) is 37.7 Å². The predicted molar refractivity (Wildman–Crippen MR) is 145 cm³/mol. The van der Waals surface area contributed by atoms with Crippen molar-refractivity contribution in [2.45, 2.75) is 56.9 Å². The summed E-state index contributed by atoms with van der Waals surface area (Å²) in [6, 6.07) is 2.82. The number of ether oxygens (including phenoxy) is 2. The van der Waals surface area contributed by atoms with E-state index in [9.17, 15) is 24.3 Å². The number of carbonyl (C=O) groups excluding carboxylic acids is 4. The molecule has 4 unspecified atom stereocenters. The first-order chi connectivity index (χ1) is 18.8. The Labute approximate surface area is 234 Å². The van der Waals surface area contributed by atoms with Crippen molar-refractivity contribution >= 4 is 39.3 Å². The number of methoxy groups -OCH3 is 2. The summed E-state index contributed by atoms with van der Waals surface area (Å²) in [4.78, 5) is 56.1. The number of carbonyl (C=O) groups is 4. The summed E-state index contributed by atoms with van der Waals surface area (Å²) >= 11 is 3.26. The fourth-order valence-electron chi connectivity index (χ4n) is 7.47. The SMILES string of the molecule is COc1cc(O)cc(OC)c1C1C2=CCC3C(=O)N(C4CCCCC4)C(=O)C3C2CC2=C1C(=O)C=C(Br)C2=O. The third-order valence-electron chi connectivity index (χ3n) is 9.12. The number of Topliss-reactive ketones (excluding diaryl/α,β-unsaturated/α-hetero) is 1. The Bertz CT molecular complexity index is 1370. The summed E-state index contributed by atoms with van der Waals surface area (Å²) < 4.78 is 11.5. The van der Waals surface area contributed by atoms with Crippen LogP contribution in [0.15, 0.2) is 45.5 Å². The van der Waals surface area contributed by atoms with Crippen LogP contribution in [0.25, 0.3) is 0 Å². The van der Waals surface area contributed by atoms with E-state index in [4.69, 9.17) is 9.47 Å². The van der Waals surface area contributed by atoms with E-state index < -0.39 is 23.7 Å². The number of phenolic OH excluding ortho intramolecular Hbond substituents is 1. The normalized spacial score (nSPS) is 29.1. The molecule has 204 valence electrons. The lowest BCUT2D eigenvalue weighted by Gasteiger charge is -2.42. The number of rotatable bonds is 4. The van der Waals surface area contributed by atoms with E-state index in [0.29, 0.717) is 34.6 Å². The molecule has 4 aliphatic carbocycles. The summed E-state index contributed by atoms with van der Waals surface area (Å²) in [5.74, 6) is -2.59. The largest absolute Gasteiger partial charge is 0.508 e. The van der Waals surface area contributed by atoms with Gasteiger partial charge in [0.1, 0.15) is 17.2 Å². The van der Waals surface area contributed by atoms with Gasteiger partial charge in [0.05, 0.1) is 30.5 Å². The molecule has 0 spiro atoms. The zero-order valence-electron chi connectivity index (χ0n) is 21.9. The Morgan fingerprint density at radius 3 is 2.26 bits per heavy atom. The van der Waals surface area contributed by atoms with Gasteiger partial charge in [-0.05, 0) is 47.5 Å². The molecule has 1 N–H and O–H groups in total. The molecule has 0 bridgehead atoms. The van der Waals surface area contributed by atoms with Gasteiger partial charge in [0.2, 0.25) is 11.8 Å². The maximum atomic E-state index is 14.0. The van der Waals surface area contributed by atoms with Gasteiger partial charge in [0.25, 0.3) is 0 Å². The van der Waals surface area contributed by atoms with Gasteiger partial charge in [-0.1, -0.05) is 30.9 Å². The molecule has 1 aromatic rings. The van der Waals surface area contributed by atoms with Gasteiger partial charge in [-0.15, -0.1) is 0 Å². The number of phenols is 1. The molecule has 0 radical (unpaired) electrons. The standard InChI is InChI=1S/C30H30BrNO7/c1-38-22-10-15(33)11-23(39-2)27(22)26-16-8-9-17-24(30(37)32(29(17)36)14-6-4-3-5-7-14)18(16)12-19-25(26)21(34)13-20(31)28(19)35/h8,10-11,13-14,17-18,24,26,33H,3-7,9,12H2,1-2H3. The number of benzene rings is 1. The number of imide groups is 1. The molecule has 1 aromatic carbocycles.